The molecule has 0 spiro atoms. The van der Waals surface area contributed by atoms with Gasteiger partial charge in [-0.2, -0.15) is 0 Å². The smallest absolute Gasteiger partial charge is 0.118 e. The predicted molar refractivity (Wildman–Crippen MR) is 80.7 cm³/mol. The highest BCUT2D eigenvalue weighted by atomic mass is 16.5. The summed E-state index contributed by atoms with van der Waals surface area (Å²) in [6.07, 6.45) is 1.20. The number of methoxy groups -OCH3 is 2. The van der Waals surface area contributed by atoms with Crippen molar-refractivity contribution in [3.63, 3.8) is 0 Å². The van der Waals surface area contributed by atoms with Crippen molar-refractivity contribution in [2.24, 2.45) is 0 Å². The maximum Gasteiger partial charge on any atom is 0.118 e. The lowest BCUT2D eigenvalue weighted by Crippen LogP contribution is -2.03. The maximum atomic E-state index is 5.23. The van der Waals surface area contributed by atoms with Gasteiger partial charge < -0.3 is 9.47 Å². The van der Waals surface area contributed by atoms with Crippen molar-refractivity contribution >= 4 is 0 Å². The third kappa shape index (κ3) is 2.15. The number of hydrogen-bond acceptors (Lipinski definition) is 2. The van der Waals surface area contributed by atoms with Gasteiger partial charge in [0.25, 0.3) is 0 Å². The number of ether oxygens (including phenoxy) is 2. The SMILES string of the molecule is COc1ccc([C@H]2C[C@]2(C)c2ccc(OC)cc2)cc1. The molecule has 0 aromatic heterocycles. The van der Waals surface area contributed by atoms with Gasteiger partial charge in [-0.25, -0.2) is 0 Å². The van der Waals surface area contributed by atoms with Gasteiger partial charge in [-0.15, -0.1) is 0 Å². The van der Waals surface area contributed by atoms with E-state index in [0.29, 0.717) is 5.92 Å². The number of benzene rings is 2. The molecule has 2 atom stereocenters. The number of rotatable bonds is 4. The topological polar surface area (TPSA) is 18.5 Å². The van der Waals surface area contributed by atoms with Crippen molar-refractivity contribution in [1.29, 1.82) is 0 Å². The van der Waals surface area contributed by atoms with Gasteiger partial charge in [-0.05, 0) is 53.1 Å². The fourth-order valence-electron chi connectivity index (χ4n) is 2.98. The molecule has 0 radical (unpaired) electrons. The van der Waals surface area contributed by atoms with E-state index in [-0.39, 0.29) is 5.41 Å². The Morgan fingerprint density at radius 3 is 1.85 bits per heavy atom. The van der Waals surface area contributed by atoms with Gasteiger partial charge in [0.15, 0.2) is 0 Å². The molecule has 20 heavy (non-hydrogen) atoms. The zero-order chi connectivity index (χ0) is 14.2. The average Bonchev–Trinajstić information content (AvgIpc) is 3.21. The second kappa shape index (κ2) is 4.86. The van der Waals surface area contributed by atoms with Gasteiger partial charge in [-0.3, -0.25) is 0 Å². The van der Waals surface area contributed by atoms with Crippen molar-refractivity contribution in [2.45, 2.75) is 24.7 Å². The van der Waals surface area contributed by atoms with Crippen LogP contribution in [0.4, 0.5) is 0 Å². The summed E-state index contributed by atoms with van der Waals surface area (Å²) >= 11 is 0. The Balaban J connectivity index is 1.80. The molecule has 1 aliphatic rings. The molecular formula is C18H20O2. The highest BCUT2D eigenvalue weighted by molar-refractivity contribution is 5.44. The van der Waals surface area contributed by atoms with Gasteiger partial charge in [0, 0.05) is 0 Å². The first kappa shape index (κ1) is 13.0. The van der Waals surface area contributed by atoms with Crippen LogP contribution in [0, 0.1) is 0 Å². The fourth-order valence-corrected chi connectivity index (χ4v) is 2.98. The van der Waals surface area contributed by atoms with Crippen LogP contribution in [-0.4, -0.2) is 14.2 Å². The molecule has 2 nitrogen and oxygen atoms in total. The lowest BCUT2D eigenvalue weighted by Gasteiger charge is -2.13. The van der Waals surface area contributed by atoms with Crippen LogP contribution in [0.15, 0.2) is 48.5 Å². The Kier molecular flexibility index (Phi) is 3.17. The molecule has 2 heteroatoms. The van der Waals surface area contributed by atoms with Gasteiger partial charge in [0.1, 0.15) is 11.5 Å². The predicted octanol–water partition coefficient (Wildman–Crippen LogP) is 4.15. The first-order valence-corrected chi connectivity index (χ1v) is 6.96. The summed E-state index contributed by atoms with van der Waals surface area (Å²) in [4.78, 5) is 0. The minimum absolute atomic E-state index is 0.251. The Labute approximate surface area is 120 Å². The Bertz CT molecular complexity index is 586. The fraction of sp³-hybridized carbons (Fsp3) is 0.333. The minimum atomic E-state index is 0.251. The zero-order valence-corrected chi connectivity index (χ0v) is 12.2. The van der Waals surface area contributed by atoms with Gasteiger partial charge in [-0.1, -0.05) is 31.2 Å². The Morgan fingerprint density at radius 1 is 0.850 bits per heavy atom. The first-order chi connectivity index (χ1) is 9.67. The quantitative estimate of drug-likeness (QED) is 0.829. The van der Waals surface area contributed by atoms with E-state index in [9.17, 15) is 0 Å². The Morgan fingerprint density at radius 2 is 1.35 bits per heavy atom. The van der Waals surface area contributed by atoms with E-state index >= 15 is 0 Å². The van der Waals surface area contributed by atoms with E-state index in [4.69, 9.17) is 9.47 Å². The molecule has 0 aliphatic heterocycles. The molecule has 1 saturated carbocycles. The molecule has 0 N–H and O–H groups in total. The van der Waals surface area contributed by atoms with E-state index in [1.54, 1.807) is 14.2 Å². The van der Waals surface area contributed by atoms with Gasteiger partial charge >= 0.3 is 0 Å². The van der Waals surface area contributed by atoms with E-state index in [1.165, 1.54) is 17.5 Å². The van der Waals surface area contributed by atoms with Crippen molar-refractivity contribution in [3.8, 4) is 11.5 Å². The molecule has 1 aliphatic carbocycles. The molecule has 0 amide bonds. The summed E-state index contributed by atoms with van der Waals surface area (Å²) in [5.74, 6) is 2.43. The molecular weight excluding hydrogens is 248 g/mol. The summed E-state index contributed by atoms with van der Waals surface area (Å²) in [6, 6.07) is 16.9. The second-order valence-corrected chi connectivity index (χ2v) is 5.68. The van der Waals surface area contributed by atoms with Crippen LogP contribution in [0.25, 0.3) is 0 Å². The van der Waals surface area contributed by atoms with E-state index in [1.807, 2.05) is 24.3 Å². The van der Waals surface area contributed by atoms with Crippen LogP contribution in [-0.2, 0) is 5.41 Å². The molecule has 3 rings (SSSR count). The summed E-state index contributed by atoms with van der Waals surface area (Å²) < 4.78 is 10.4. The third-order valence-electron chi connectivity index (χ3n) is 4.50. The normalized spacial score (nSPS) is 24.2. The molecule has 2 aromatic carbocycles. The molecule has 0 unspecified atom stereocenters. The van der Waals surface area contributed by atoms with Crippen LogP contribution in [0.2, 0.25) is 0 Å². The Hall–Kier alpha value is -1.96. The lowest BCUT2D eigenvalue weighted by molar-refractivity contribution is 0.414. The summed E-state index contributed by atoms with van der Waals surface area (Å²) in [7, 11) is 3.40. The molecule has 1 fully saturated rings. The molecule has 0 heterocycles. The summed E-state index contributed by atoms with van der Waals surface area (Å²) in [5, 5.41) is 0. The standard InChI is InChI=1S/C18H20O2/c1-18(14-6-10-16(20-3)11-7-14)12-17(18)13-4-8-15(19-2)9-5-13/h4-11,17H,12H2,1-3H3/t17-,18-/m1/s1. The molecule has 0 bridgehead atoms. The van der Waals surface area contributed by atoms with E-state index in [2.05, 4.69) is 31.2 Å². The van der Waals surface area contributed by atoms with E-state index in [0.717, 1.165) is 11.5 Å². The summed E-state index contributed by atoms with van der Waals surface area (Å²) in [5.41, 5.74) is 3.03. The zero-order valence-electron chi connectivity index (χ0n) is 12.2. The highest BCUT2D eigenvalue weighted by Crippen LogP contribution is 2.60. The minimum Gasteiger partial charge on any atom is -0.497 e. The molecule has 2 aromatic rings. The molecule has 0 saturated heterocycles. The second-order valence-electron chi connectivity index (χ2n) is 5.68. The van der Waals surface area contributed by atoms with Crippen LogP contribution in [0.5, 0.6) is 11.5 Å². The van der Waals surface area contributed by atoms with Crippen LogP contribution < -0.4 is 9.47 Å². The first-order valence-electron chi connectivity index (χ1n) is 6.96. The average molecular weight is 268 g/mol. The lowest BCUT2D eigenvalue weighted by atomic mass is 9.93. The largest absolute Gasteiger partial charge is 0.497 e. The van der Waals surface area contributed by atoms with Gasteiger partial charge in [0.05, 0.1) is 14.2 Å². The van der Waals surface area contributed by atoms with Crippen LogP contribution >= 0.6 is 0 Å². The summed E-state index contributed by atoms with van der Waals surface area (Å²) in [6.45, 7) is 2.34. The van der Waals surface area contributed by atoms with E-state index < -0.39 is 0 Å². The maximum absolute atomic E-state index is 5.23. The van der Waals surface area contributed by atoms with Crippen molar-refractivity contribution < 1.29 is 9.47 Å². The van der Waals surface area contributed by atoms with Crippen LogP contribution in [0.1, 0.15) is 30.4 Å². The van der Waals surface area contributed by atoms with Crippen molar-refractivity contribution in [1.82, 2.24) is 0 Å². The number of hydrogen-bond donors (Lipinski definition) is 0. The van der Waals surface area contributed by atoms with Crippen molar-refractivity contribution in [3.05, 3.63) is 59.7 Å². The monoisotopic (exact) mass is 268 g/mol. The van der Waals surface area contributed by atoms with Gasteiger partial charge in [0.2, 0.25) is 0 Å². The van der Waals surface area contributed by atoms with Crippen molar-refractivity contribution in [2.75, 3.05) is 14.2 Å². The third-order valence-corrected chi connectivity index (χ3v) is 4.50. The molecule has 104 valence electrons. The highest BCUT2D eigenvalue weighted by Gasteiger charge is 2.51. The van der Waals surface area contributed by atoms with Crippen LogP contribution in [0.3, 0.4) is 0 Å².